The summed E-state index contributed by atoms with van der Waals surface area (Å²) in [5.41, 5.74) is 0. The maximum Gasteiger partial charge on any atom is 0.123 e. The fourth-order valence-electron chi connectivity index (χ4n) is 1.07. The van der Waals surface area contributed by atoms with Gasteiger partial charge >= 0.3 is 0 Å². The van der Waals surface area contributed by atoms with E-state index in [0.717, 1.165) is 15.6 Å². The van der Waals surface area contributed by atoms with Crippen LogP contribution in [0.15, 0.2) is 23.6 Å². The molecule has 0 saturated carbocycles. The molecule has 2 heteroatoms. The van der Waals surface area contributed by atoms with Gasteiger partial charge in [-0.05, 0) is 35.2 Å². The summed E-state index contributed by atoms with van der Waals surface area (Å²) in [6.07, 6.45) is 0. The minimum atomic E-state index is -0.194. The van der Waals surface area contributed by atoms with Crippen molar-refractivity contribution in [2.24, 2.45) is 0 Å². The Hall–Kier alpha value is -0.890. The van der Waals surface area contributed by atoms with Crippen LogP contribution < -0.4 is 0 Å². The van der Waals surface area contributed by atoms with Crippen molar-refractivity contribution in [3.05, 3.63) is 41.2 Å². The molecule has 2 aromatic rings. The average Bonchev–Trinajstić information content (AvgIpc) is 2.33. The summed E-state index contributed by atoms with van der Waals surface area (Å²) >= 11 is 1.55. The fraction of sp³-hybridized carbons (Fsp3) is 0. The molecule has 55 valence electrons. The molecule has 0 spiro atoms. The predicted octanol–water partition coefficient (Wildman–Crippen LogP) is 3.22. The van der Waals surface area contributed by atoms with Gasteiger partial charge in [-0.25, -0.2) is 4.39 Å². The lowest BCUT2D eigenvalue weighted by molar-refractivity contribution is 0.630. The highest BCUT2D eigenvalue weighted by atomic mass is 32.1. The van der Waals surface area contributed by atoms with Gasteiger partial charge in [-0.3, -0.25) is 0 Å². The summed E-state index contributed by atoms with van der Waals surface area (Å²) in [4.78, 5) is 0.930. The number of thiophene rings is 1. The van der Waals surface area contributed by atoms with Gasteiger partial charge in [-0.1, -0.05) is 6.07 Å². The SMILES string of the molecule is [CH2]c1scc2ccc(F)cc12. The third-order valence-corrected chi connectivity index (χ3v) is 2.52. The molecule has 0 bridgehead atoms. The number of hydrogen-bond donors (Lipinski definition) is 0. The van der Waals surface area contributed by atoms with E-state index in [4.69, 9.17) is 0 Å². The van der Waals surface area contributed by atoms with Gasteiger partial charge in [0.15, 0.2) is 0 Å². The van der Waals surface area contributed by atoms with Crippen LogP contribution in [0, 0.1) is 12.7 Å². The first-order chi connectivity index (χ1) is 5.27. The summed E-state index contributed by atoms with van der Waals surface area (Å²) in [6.45, 7) is 3.80. The van der Waals surface area contributed by atoms with E-state index >= 15 is 0 Å². The fourth-order valence-corrected chi connectivity index (χ4v) is 1.85. The lowest BCUT2D eigenvalue weighted by atomic mass is 10.2. The molecule has 0 atom stereocenters. The van der Waals surface area contributed by atoms with Crippen molar-refractivity contribution in [2.45, 2.75) is 0 Å². The average molecular weight is 165 g/mol. The molecule has 0 unspecified atom stereocenters. The van der Waals surface area contributed by atoms with Gasteiger partial charge in [0.1, 0.15) is 5.82 Å². The monoisotopic (exact) mass is 165 g/mol. The summed E-state index contributed by atoms with van der Waals surface area (Å²) in [7, 11) is 0. The highest BCUT2D eigenvalue weighted by molar-refractivity contribution is 7.11. The van der Waals surface area contributed by atoms with Crippen molar-refractivity contribution in [1.82, 2.24) is 0 Å². The third-order valence-electron chi connectivity index (χ3n) is 1.64. The Bertz CT molecular complexity index is 389. The van der Waals surface area contributed by atoms with Gasteiger partial charge in [-0.15, -0.1) is 11.3 Å². The molecule has 1 aromatic heterocycles. The van der Waals surface area contributed by atoms with Crippen LogP contribution in [0.3, 0.4) is 0 Å². The first-order valence-electron chi connectivity index (χ1n) is 3.26. The van der Waals surface area contributed by atoms with Crippen LogP contribution in [0.4, 0.5) is 4.39 Å². The Morgan fingerprint density at radius 2 is 2.18 bits per heavy atom. The predicted molar refractivity (Wildman–Crippen MR) is 46.2 cm³/mol. The van der Waals surface area contributed by atoms with Crippen LogP contribution in [0.2, 0.25) is 0 Å². The number of halogens is 1. The minimum absolute atomic E-state index is 0.194. The molecule has 0 nitrogen and oxygen atoms in total. The summed E-state index contributed by atoms with van der Waals surface area (Å²) in [6, 6.07) is 4.76. The Morgan fingerprint density at radius 1 is 1.36 bits per heavy atom. The third kappa shape index (κ3) is 1.03. The topological polar surface area (TPSA) is 0 Å². The van der Waals surface area contributed by atoms with Crippen LogP contribution in [0.25, 0.3) is 10.8 Å². The zero-order chi connectivity index (χ0) is 7.84. The molecule has 1 aromatic carbocycles. The zero-order valence-electron chi connectivity index (χ0n) is 5.80. The summed E-state index contributed by atoms with van der Waals surface area (Å²) in [5, 5.41) is 3.98. The van der Waals surface area contributed by atoms with E-state index in [9.17, 15) is 4.39 Å². The molecule has 0 aliphatic carbocycles. The first-order valence-corrected chi connectivity index (χ1v) is 4.14. The maximum absolute atomic E-state index is 12.7. The van der Waals surface area contributed by atoms with Crippen molar-refractivity contribution in [2.75, 3.05) is 0 Å². The van der Waals surface area contributed by atoms with E-state index in [1.54, 1.807) is 17.4 Å². The van der Waals surface area contributed by atoms with Crippen LogP contribution in [0.1, 0.15) is 4.88 Å². The number of benzene rings is 1. The highest BCUT2D eigenvalue weighted by Crippen LogP contribution is 2.24. The van der Waals surface area contributed by atoms with Crippen LogP contribution in [-0.2, 0) is 0 Å². The lowest BCUT2D eigenvalue weighted by Crippen LogP contribution is -1.71. The normalized spacial score (nSPS) is 10.7. The minimum Gasteiger partial charge on any atom is -0.207 e. The molecule has 1 radical (unpaired) electrons. The second-order valence-corrected chi connectivity index (χ2v) is 3.35. The standard InChI is InChI=1S/C9H6FS/c1-6-9-4-8(10)3-2-7(9)5-11-6/h2-5H,1H2. The van der Waals surface area contributed by atoms with Crippen molar-refractivity contribution >= 4 is 22.1 Å². The van der Waals surface area contributed by atoms with Crippen molar-refractivity contribution in [3.8, 4) is 0 Å². The Labute approximate surface area is 68.3 Å². The van der Waals surface area contributed by atoms with E-state index < -0.39 is 0 Å². The second kappa shape index (κ2) is 2.31. The van der Waals surface area contributed by atoms with Gasteiger partial charge in [0.25, 0.3) is 0 Å². The van der Waals surface area contributed by atoms with Crippen LogP contribution in [0.5, 0.6) is 0 Å². The Kier molecular flexibility index (Phi) is 1.43. The largest absolute Gasteiger partial charge is 0.207 e. The highest BCUT2D eigenvalue weighted by Gasteiger charge is 1.99. The molecule has 0 amide bonds. The van der Waals surface area contributed by atoms with E-state index in [-0.39, 0.29) is 5.82 Å². The molecular weight excluding hydrogens is 159 g/mol. The molecule has 0 saturated heterocycles. The quantitative estimate of drug-likeness (QED) is 0.562. The smallest absolute Gasteiger partial charge is 0.123 e. The molecule has 2 rings (SSSR count). The molecule has 0 fully saturated rings. The summed E-state index contributed by atoms with van der Waals surface area (Å²) in [5.74, 6) is -0.194. The first kappa shape index (κ1) is 6.80. The Balaban J connectivity index is 2.87. The zero-order valence-corrected chi connectivity index (χ0v) is 6.62. The van der Waals surface area contributed by atoms with E-state index in [0.29, 0.717) is 0 Å². The Morgan fingerprint density at radius 3 is 3.00 bits per heavy atom. The van der Waals surface area contributed by atoms with Crippen molar-refractivity contribution in [3.63, 3.8) is 0 Å². The molecule has 0 N–H and O–H groups in total. The van der Waals surface area contributed by atoms with Crippen LogP contribution in [-0.4, -0.2) is 0 Å². The van der Waals surface area contributed by atoms with Gasteiger partial charge in [-0.2, -0.15) is 0 Å². The van der Waals surface area contributed by atoms with E-state index in [1.165, 1.54) is 12.1 Å². The number of rotatable bonds is 0. The second-order valence-electron chi connectivity index (χ2n) is 2.39. The van der Waals surface area contributed by atoms with Gasteiger partial charge in [0.05, 0.1) is 0 Å². The molecule has 0 aliphatic heterocycles. The number of hydrogen-bond acceptors (Lipinski definition) is 1. The number of fused-ring (bicyclic) bond motifs is 1. The lowest BCUT2D eigenvalue weighted by Gasteiger charge is -1.90. The van der Waals surface area contributed by atoms with Gasteiger partial charge < -0.3 is 0 Å². The maximum atomic E-state index is 12.7. The molecule has 0 aliphatic rings. The van der Waals surface area contributed by atoms with Gasteiger partial charge in [0, 0.05) is 4.88 Å². The van der Waals surface area contributed by atoms with Crippen LogP contribution >= 0.6 is 11.3 Å². The van der Waals surface area contributed by atoms with E-state index in [2.05, 4.69) is 6.92 Å². The van der Waals surface area contributed by atoms with Gasteiger partial charge in [0.2, 0.25) is 0 Å². The van der Waals surface area contributed by atoms with E-state index in [1.807, 2.05) is 5.38 Å². The molecular formula is C9H6FS. The molecule has 11 heavy (non-hydrogen) atoms. The summed E-state index contributed by atoms with van der Waals surface area (Å²) < 4.78 is 12.7. The van der Waals surface area contributed by atoms with Crippen molar-refractivity contribution in [1.29, 1.82) is 0 Å². The molecule has 1 heterocycles. The van der Waals surface area contributed by atoms with Crippen molar-refractivity contribution < 1.29 is 4.39 Å².